The van der Waals surface area contributed by atoms with Crippen molar-refractivity contribution in [2.75, 3.05) is 7.11 Å². The van der Waals surface area contributed by atoms with Gasteiger partial charge >= 0.3 is 0 Å². The molecule has 27 heavy (non-hydrogen) atoms. The second-order valence-electron chi connectivity index (χ2n) is 6.29. The van der Waals surface area contributed by atoms with Crippen LogP contribution in [0.2, 0.25) is 0 Å². The van der Waals surface area contributed by atoms with Gasteiger partial charge in [-0.2, -0.15) is 0 Å². The summed E-state index contributed by atoms with van der Waals surface area (Å²) in [7, 11) is 1.43. The van der Waals surface area contributed by atoms with Crippen LogP contribution in [0.5, 0.6) is 5.75 Å². The van der Waals surface area contributed by atoms with E-state index < -0.39 is 29.3 Å². The Bertz CT molecular complexity index is 968. The molecule has 2 aliphatic heterocycles. The molecule has 1 atom stereocenters. The maximum absolute atomic E-state index is 12.7. The van der Waals surface area contributed by atoms with Crippen molar-refractivity contribution in [3.63, 3.8) is 0 Å². The normalized spacial score (nSPS) is 21.8. The SMILES string of the molecule is COc1ccccc1/C(=C1\C(=O)C=C(C)NC1=O)C1C(=O)C=C(C)NC1=O. The van der Waals surface area contributed by atoms with Crippen LogP contribution in [0.25, 0.3) is 5.57 Å². The van der Waals surface area contributed by atoms with Gasteiger partial charge in [-0.15, -0.1) is 0 Å². The van der Waals surface area contributed by atoms with Crippen molar-refractivity contribution >= 4 is 29.0 Å². The highest BCUT2D eigenvalue weighted by Crippen LogP contribution is 2.37. The fourth-order valence-electron chi connectivity index (χ4n) is 3.22. The standard InChI is InChI=1S/C20H18N2O5/c1-10-8-13(23)17(19(25)21-10)16(12-6-4-5-7-15(12)27-3)18-14(24)9-11(2)22-20(18)26/h4-9,17H,1-3H3,(H,21,25)(H,22,26)/b18-16-. The number of hydrogen-bond donors (Lipinski definition) is 2. The number of rotatable bonds is 3. The van der Waals surface area contributed by atoms with Gasteiger partial charge in [0.05, 0.1) is 12.7 Å². The highest BCUT2D eigenvalue weighted by atomic mass is 16.5. The minimum atomic E-state index is -1.33. The fourth-order valence-corrected chi connectivity index (χ4v) is 3.22. The summed E-state index contributed by atoms with van der Waals surface area (Å²) in [6.07, 6.45) is 2.55. The summed E-state index contributed by atoms with van der Waals surface area (Å²) in [4.78, 5) is 50.6. The van der Waals surface area contributed by atoms with Crippen LogP contribution in [-0.2, 0) is 19.2 Å². The fraction of sp³-hybridized carbons (Fsp3) is 0.200. The van der Waals surface area contributed by atoms with E-state index >= 15 is 0 Å². The number of hydrogen-bond acceptors (Lipinski definition) is 5. The number of nitrogens with one attached hydrogen (secondary N) is 2. The van der Waals surface area contributed by atoms with Crippen molar-refractivity contribution in [1.29, 1.82) is 0 Å². The molecule has 1 aromatic carbocycles. The maximum atomic E-state index is 12.7. The minimum Gasteiger partial charge on any atom is -0.496 e. The van der Waals surface area contributed by atoms with Gasteiger partial charge in [-0.05, 0) is 25.5 Å². The first-order valence-corrected chi connectivity index (χ1v) is 8.28. The molecule has 2 N–H and O–H groups in total. The van der Waals surface area contributed by atoms with Crippen molar-refractivity contribution in [3.8, 4) is 5.75 Å². The first-order chi connectivity index (χ1) is 12.8. The van der Waals surface area contributed by atoms with E-state index in [0.717, 1.165) is 0 Å². The number of ketones is 2. The highest BCUT2D eigenvalue weighted by molar-refractivity contribution is 6.33. The van der Waals surface area contributed by atoms with Gasteiger partial charge in [0, 0.05) is 29.1 Å². The van der Waals surface area contributed by atoms with Crippen molar-refractivity contribution in [2.24, 2.45) is 5.92 Å². The molecule has 0 saturated heterocycles. The predicted octanol–water partition coefficient (Wildman–Crippen LogP) is 1.27. The molecule has 0 radical (unpaired) electrons. The number of carbonyl (C=O) groups excluding carboxylic acids is 4. The Balaban J connectivity index is 2.34. The summed E-state index contributed by atoms with van der Waals surface area (Å²) in [5, 5.41) is 5.16. The molecule has 0 spiro atoms. The second kappa shape index (κ2) is 7.03. The van der Waals surface area contributed by atoms with E-state index in [1.54, 1.807) is 38.1 Å². The molecule has 138 valence electrons. The van der Waals surface area contributed by atoms with E-state index in [9.17, 15) is 19.2 Å². The summed E-state index contributed by atoms with van der Waals surface area (Å²) in [5.74, 6) is -3.31. The molecule has 7 heteroatoms. The molecule has 0 saturated carbocycles. The first kappa shape index (κ1) is 18.3. The summed E-state index contributed by atoms with van der Waals surface area (Å²) >= 11 is 0. The molecule has 2 heterocycles. The summed E-state index contributed by atoms with van der Waals surface area (Å²) in [5.41, 5.74) is 0.925. The average molecular weight is 366 g/mol. The zero-order valence-electron chi connectivity index (χ0n) is 15.1. The number of amides is 2. The van der Waals surface area contributed by atoms with Crippen molar-refractivity contribution in [1.82, 2.24) is 10.6 Å². The molecule has 1 unspecified atom stereocenters. The molecule has 0 aromatic heterocycles. The van der Waals surface area contributed by atoms with E-state index in [4.69, 9.17) is 4.74 Å². The Kier molecular flexibility index (Phi) is 4.77. The number of benzene rings is 1. The Morgan fingerprint density at radius 2 is 1.63 bits per heavy atom. The topological polar surface area (TPSA) is 102 Å². The molecule has 0 bridgehead atoms. The van der Waals surface area contributed by atoms with Crippen molar-refractivity contribution < 1.29 is 23.9 Å². The highest BCUT2D eigenvalue weighted by Gasteiger charge is 2.39. The second-order valence-corrected chi connectivity index (χ2v) is 6.29. The van der Waals surface area contributed by atoms with Crippen LogP contribution in [0.3, 0.4) is 0 Å². The Labute approximate surface area is 155 Å². The molecule has 1 aromatic rings. The number of carbonyl (C=O) groups is 4. The molecule has 2 aliphatic rings. The van der Waals surface area contributed by atoms with E-state index in [1.807, 2.05) is 0 Å². The quantitative estimate of drug-likeness (QED) is 0.477. The average Bonchev–Trinajstić information content (AvgIpc) is 2.58. The monoisotopic (exact) mass is 366 g/mol. The summed E-state index contributed by atoms with van der Waals surface area (Å²) in [6.45, 7) is 3.17. The smallest absolute Gasteiger partial charge is 0.259 e. The van der Waals surface area contributed by atoms with Crippen molar-refractivity contribution in [3.05, 3.63) is 58.9 Å². The zero-order valence-corrected chi connectivity index (χ0v) is 15.1. The number of para-hydroxylation sites is 1. The predicted molar refractivity (Wildman–Crippen MR) is 97.2 cm³/mol. The lowest BCUT2D eigenvalue weighted by Gasteiger charge is -2.26. The van der Waals surface area contributed by atoms with Crippen LogP contribution in [0, 0.1) is 5.92 Å². The third-order valence-electron chi connectivity index (χ3n) is 4.31. The van der Waals surface area contributed by atoms with Gasteiger partial charge in [0.1, 0.15) is 11.7 Å². The molecule has 7 nitrogen and oxygen atoms in total. The largest absolute Gasteiger partial charge is 0.496 e. The third kappa shape index (κ3) is 3.31. The summed E-state index contributed by atoms with van der Waals surface area (Å²) < 4.78 is 5.34. The van der Waals surface area contributed by atoms with Gasteiger partial charge < -0.3 is 15.4 Å². The zero-order chi connectivity index (χ0) is 19.7. The molecular formula is C20H18N2O5. The lowest BCUT2D eigenvalue weighted by molar-refractivity contribution is -0.129. The van der Waals surface area contributed by atoms with Gasteiger partial charge in [0.25, 0.3) is 5.91 Å². The van der Waals surface area contributed by atoms with Gasteiger partial charge in [-0.3, -0.25) is 19.2 Å². The lowest BCUT2D eigenvalue weighted by atomic mass is 9.80. The van der Waals surface area contributed by atoms with Crippen LogP contribution >= 0.6 is 0 Å². The number of methoxy groups -OCH3 is 1. The van der Waals surface area contributed by atoms with E-state index in [-0.39, 0.29) is 11.1 Å². The van der Waals surface area contributed by atoms with Gasteiger partial charge in [-0.1, -0.05) is 18.2 Å². The molecule has 3 rings (SSSR count). The van der Waals surface area contributed by atoms with Gasteiger partial charge in [0.15, 0.2) is 11.6 Å². The minimum absolute atomic E-state index is 0.0324. The third-order valence-corrected chi connectivity index (χ3v) is 4.31. The van der Waals surface area contributed by atoms with E-state index in [0.29, 0.717) is 22.7 Å². The van der Waals surface area contributed by atoms with E-state index in [1.165, 1.54) is 19.3 Å². The van der Waals surface area contributed by atoms with Crippen LogP contribution < -0.4 is 15.4 Å². The molecular weight excluding hydrogens is 348 g/mol. The van der Waals surface area contributed by atoms with Gasteiger partial charge in [-0.25, -0.2) is 0 Å². The van der Waals surface area contributed by atoms with Crippen LogP contribution in [-0.4, -0.2) is 30.5 Å². The first-order valence-electron chi connectivity index (χ1n) is 8.28. The molecule has 0 aliphatic carbocycles. The number of ether oxygens (including phenoxy) is 1. The Morgan fingerprint density at radius 3 is 2.26 bits per heavy atom. The Hall–Kier alpha value is -3.48. The van der Waals surface area contributed by atoms with Crippen molar-refractivity contribution in [2.45, 2.75) is 13.8 Å². The Morgan fingerprint density at radius 1 is 0.963 bits per heavy atom. The lowest BCUT2D eigenvalue weighted by Crippen LogP contribution is -2.41. The van der Waals surface area contributed by atoms with Crippen LogP contribution in [0.15, 0.2) is 53.4 Å². The molecule has 0 fully saturated rings. The maximum Gasteiger partial charge on any atom is 0.259 e. The van der Waals surface area contributed by atoms with E-state index in [2.05, 4.69) is 10.6 Å². The van der Waals surface area contributed by atoms with Crippen LogP contribution in [0.1, 0.15) is 19.4 Å². The molecule has 2 amide bonds. The number of allylic oxidation sites excluding steroid dienone is 4. The van der Waals surface area contributed by atoms with Crippen LogP contribution in [0.4, 0.5) is 0 Å². The summed E-state index contributed by atoms with van der Waals surface area (Å²) in [6, 6.07) is 6.63. The van der Waals surface area contributed by atoms with Gasteiger partial charge in [0.2, 0.25) is 5.91 Å².